The fraction of sp³-hybridized carbons (Fsp3) is 0. The Balaban J connectivity index is 2.14. The van der Waals surface area contributed by atoms with E-state index in [2.05, 4.69) is 16.0 Å². The van der Waals surface area contributed by atoms with Gasteiger partial charge in [0.2, 0.25) is 4.80 Å². The molecule has 2 nitrogen and oxygen atoms in total. The SMILES string of the molecule is c1ccc(N=c2nc3cccccc-3s2)cc1. The van der Waals surface area contributed by atoms with Gasteiger partial charge in [-0.05, 0) is 24.3 Å². The van der Waals surface area contributed by atoms with Crippen LogP contribution in [0.4, 0.5) is 5.69 Å². The average Bonchev–Trinajstić information content (AvgIpc) is 2.60. The topological polar surface area (TPSA) is 25.2 Å². The summed E-state index contributed by atoms with van der Waals surface area (Å²) in [5.41, 5.74) is 1.94. The van der Waals surface area contributed by atoms with E-state index in [-0.39, 0.29) is 0 Å². The molecule has 0 radical (unpaired) electrons. The van der Waals surface area contributed by atoms with Crippen LogP contribution < -0.4 is 4.80 Å². The minimum atomic E-state index is 0.803. The minimum Gasteiger partial charge on any atom is -0.220 e. The minimum absolute atomic E-state index is 0.803. The molecule has 0 unspecified atom stereocenters. The van der Waals surface area contributed by atoms with Gasteiger partial charge in [0.25, 0.3) is 0 Å². The largest absolute Gasteiger partial charge is 0.220 e. The molecule has 1 heterocycles. The summed E-state index contributed by atoms with van der Waals surface area (Å²) in [6.07, 6.45) is 0. The van der Waals surface area contributed by atoms with Crippen molar-refractivity contribution in [1.82, 2.24) is 4.98 Å². The maximum atomic E-state index is 4.51. The van der Waals surface area contributed by atoms with E-state index in [4.69, 9.17) is 0 Å². The van der Waals surface area contributed by atoms with Crippen molar-refractivity contribution in [2.45, 2.75) is 0 Å². The number of nitrogens with zero attached hydrogens (tertiary/aromatic N) is 2. The predicted octanol–water partition coefficient (Wildman–Crippen LogP) is 3.48. The first kappa shape index (κ1) is 10.2. The van der Waals surface area contributed by atoms with Crippen molar-refractivity contribution in [3.8, 4) is 10.6 Å². The molecule has 1 aliphatic heterocycles. The van der Waals surface area contributed by atoms with Crippen LogP contribution in [0.1, 0.15) is 0 Å². The fourth-order valence-electron chi connectivity index (χ4n) is 1.58. The van der Waals surface area contributed by atoms with E-state index in [0.717, 1.165) is 21.1 Å². The molecule has 2 aliphatic rings. The highest BCUT2D eigenvalue weighted by Crippen LogP contribution is 2.20. The van der Waals surface area contributed by atoms with Crippen molar-refractivity contribution < 1.29 is 0 Å². The van der Waals surface area contributed by atoms with Crippen LogP contribution in [0.2, 0.25) is 0 Å². The van der Waals surface area contributed by atoms with E-state index in [1.54, 1.807) is 11.3 Å². The Kier molecular flexibility index (Phi) is 2.68. The highest BCUT2D eigenvalue weighted by atomic mass is 32.1. The molecule has 17 heavy (non-hydrogen) atoms. The smallest absolute Gasteiger partial charge is 0.210 e. The summed E-state index contributed by atoms with van der Waals surface area (Å²) in [6, 6.07) is 20.0. The van der Waals surface area contributed by atoms with E-state index in [0.29, 0.717) is 0 Å². The van der Waals surface area contributed by atoms with E-state index in [1.807, 2.05) is 54.6 Å². The van der Waals surface area contributed by atoms with E-state index >= 15 is 0 Å². The van der Waals surface area contributed by atoms with Gasteiger partial charge in [-0.25, -0.2) is 9.98 Å². The zero-order valence-electron chi connectivity index (χ0n) is 9.08. The summed E-state index contributed by atoms with van der Waals surface area (Å²) in [4.78, 5) is 11.0. The first-order valence-corrected chi connectivity index (χ1v) is 6.19. The molecular formula is C14H10N2S. The van der Waals surface area contributed by atoms with Crippen LogP contribution >= 0.6 is 11.3 Å². The van der Waals surface area contributed by atoms with Crippen molar-refractivity contribution in [3.05, 3.63) is 65.5 Å². The Morgan fingerprint density at radius 3 is 2.35 bits per heavy atom. The standard InChI is InChI=1S/C14H10N2S/c1-3-7-11(8-4-1)15-14-16-12-9-5-2-6-10-13(12)17-14/h1-10H. The van der Waals surface area contributed by atoms with Gasteiger partial charge < -0.3 is 0 Å². The quantitative estimate of drug-likeness (QED) is 0.637. The maximum absolute atomic E-state index is 4.51. The summed E-state index contributed by atoms with van der Waals surface area (Å²) >= 11 is 1.61. The first-order valence-electron chi connectivity index (χ1n) is 5.37. The van der Waals surface area contributed by atoms with Crippen molar-refractivity contribution in [1.29, 1.82) is 0 Å². The molecule has 3 rings (SSSR count). The third kappa shape index (κ3) is 2.24. The molecule has 82 valence electrons. The summed E-state index contributed by atoms with van der Waals surface area (Å²) in [7, 11) is 0. The highest BCUT2D eigenvalue weighted by Gasteiger charge is 2.03. The molecule has 0 saturated heterocycles. The van der Waals surface area contributed by atoms with Crippen LogP contribution in [0.25, 0.3) is 10.6 Å². The molecule has 0 atom stereocenters. The number of fused-ring (bicyclic) bond motifs is 1. The Labute approximate surface area is 103 Å². The van der Waals surface area contributed by atoms with E-state index in [9.17, 15) is 0 Å². The van der Waals surface area contributed by atoms with Crippen LogP contribution in [0.5, 0.6) is 0 Å². The number of hydrogen-bond donors (Lipinski definition) is 0. The summed E-state index contributed by atoms with van der Waals surface area (Å²) < 4.78 is 0. The van der Waals surface area contributed by atoms with Crippen LogP contribution in [-0.2, 0) is 0 Å². The third-order valence-corrected chi connectivity index (χ3v) is 3.30. The number of thiazole rings is 1. The second-order valence-corrected chi connectivity index (χ2v) is 4.61. The number of aromatic nitrogens is 1. The van der Waals surface area contributed by atoms with Gasteiger partial charge in [-0.15, -0.1) is 0 Å². The third-order valence-electron chi connectivity index (χ3n) is 2.37. The molecule has 1 aromatic carbocycles. The Hall–Kier alpha value is -2.00. The summed E-state index contributed by atoms with van der Waals surface area (Å²) in [5, 5.41) is 0. The van der Waals surface area contributed by atoms with Gasteiger partial charge in [0, 0.05) is 0 Å². The summed E-state index contributed by atoms with van der Waals surface area (Å²) in [5.74, 6) is 0. The monoisotopic (exact) mass is 238 g/mol. The summed E-state index contributed by atoms with van der Waals surface area (Å²) in [6.45, 7) is 0. The molecular weight excluding hydrogens is 228 g/mol. The molecule has 3 heteroatoms. The first-order chi connectivity index (χ1) is 8.42. The van der Waals surface area contributed by atoms with Crippen molar-refractivity contribution in [2.75, 3.05) is 0 Å². The van der Waals surface area contributed by atoms with Gasteiger partial charge in [0.15, 0.2) is 0 Å². The van der Waals surface area contributed by atoms with Gasteiger partial charge in [-0.2, -0.15) is 0 Å². The zero-order chi connectivity index (χ0) is 11.5. The Bertz CT molecular complexity index is 625. The van der Waals surface area contributed by atoms with Crippen LogP contribution in [0, 0.1) is 0 Å². The van der Waals surface area contributed by atoms with Gasteiger partial charge in [0.1, 0.15) is 0 Å². The van der Waals surface area contributed by atoms with Gasteiger partial charge in [-0.1, -0.05) is 47.7 Å². The average molecular weight is 238 g/mol. The number of rotatable bonds is 1. The molecule has 0 amide bonds. The van der Waals surface area contributed by atoms with Crippen LogP contribution in [-0.4, -0.2) is 4.98 Å². The van der Waals surface area contributed by atoms with Crippen molar-refractivity contribution >= 4 is 17.0 Å². The predicted molar refractivity (Wildman–Crippen MR) is 70.4 cm³/mol. The lowest BCUT2D eigenvalue weighted by molar-refractivity contribution is 1.24. The Morgan fingerprint density at radius 1 is 0.824 bits per heavy atom. The second kappa shape index (κ2) is 4.47. The molecule has 0 N–H and O–H groups in total. The molecule has 0 spiro atoms. The molecule has 0 saturated carbocycles. The van der Waals surface area contributed by atoms with E-state index < -0.39 is 0 Å². The lowest BCUT2D eigenvalue weighted by Crippen LogP contribution is -1.94. The fourth-order valence-corrected chi connectivity index (χ4v) is 2.44. The van der Waals surface area contributed by atoms with Gasteiger partial charge in [-0.3, -0.25) is 0 Å². The molecule has 0 fully saturated rings. The lowest BCUT2D eigenvalue weighted by atomic mass is 10.3. The molecule has 0 aromatic heterocycles. The molecule has 1 aliphatic carbocycles. The number of para-hydroxylation sites is 1. The van der Waals surface area contributed by atoms with Crippen LogP contribution in [0.15, 0.2) is 65.7 Å². The second-order valence-electron chi connectivity index (χ2n) is 3.60. The zero-order valence-corrected chi connectivity index (χ0v) is 9.89. The Morgan fingerprint density at radius 2 is 1.53 bits per heavy atom. The van der Waals surface area contributed by atoms with Crippen LogP contribution in [0.3, 0.4) is 0 Å². The number of benzene rings is 1. The molecule has 1 aromatic rings. The lowest BCUT2D eigenvalue weighted by Gasteiger charge is -1.87. The maximum Gasteiger partial charge on any atom is 0.210 e. The van der Waals surface area contributed by atoms with Crippen molar-refractivity contribution in [3.63, 3.8) is 0 Å². The van der Waals surface area contributed by atoms with Gasteiger partial charge in [0.05, 0.1) is 16.3 Å². The highest BCUT2D eigenvalue weighted by molar-refractivity contribution is 7.12. The number of hydrogen-bond acceptors (Lipinski definition) is 3. The normalized spacial score (nSPS) is 11.9. The molecule has 0 bridgehead atoms. The van der Waals surface area contributed by atoms with Gasteiger partial charge >= 0.3 is 0 Å². The van der Waals surface area contributed by atoms with Crippen molar-refractivity contribution in [2.24, 2.45) is 4.99 Å². The van der Waals surface area contributed by atoms with E-state index in [1.165, 1.54) is 0 Å².